The van der Waals surface area contributed by atoms with Gasteiger partial charge in [0.1, 0.15) is 6.07 Å². The SMILES string of the molecule is N#CC(Cl)(Cl)Cl.O=[CH][W]. The molecule has 0 fully saturated rings. The summed E-state index contributed by atoms with van der Waals surface area (Å²) in [6, 6.07) is 1.40. The predicted molar refractivity (Wildman–Crippen MR) is 32.7 cm³/mol. The molecule has 2 nitrogen and oxygen atoms in total. The number of carbonyl (C=O) groups is 1. The fourth-order valence-corrected chi connectivity index (χ4v) is 0. The van der Waals surface area contributed by atoms with Crippen LogP contribution in [0.1, 0.15) is 0 Å². The number of hydrogen-bond donors (Lipinski definition) is 0. The average molecular weight is 357 g/mol. The van der Waals surface area contributed by atoms with Gasteiger partial charge in [0, 0.05) is 0 Å². The normalized spacial score (nSPS) is 8.22. The molecule has 0 N–H and O–H groups in total. The van der Waals surface area contributed by atoms with Gasteiger partial charge in [-0.25, -0.2) is 0 Å². The van der Waals surface area contributed by atoms with E-state index < -0.39 is 3.79 Å². The summed E-state index contributed by atoms with van der Waals surface area (Å²) in [4.78, 5) is 8.84. The van der Waals surface area contributed by atoms with Crippen molar-refractivity contribution >= 4 is 39.5 Å². The number of carbonyl (C=O) groups excluding carboxylic acids is 1. The monoisotopic (exact) mass is 356 g/mol. The van der Waals surface area contributed by atoms with E-state index >= 15 is 0 Å². The molecule has 0 aromatic rings. The zero-order chi connectivity index (χ0) is 7.91. The molecule has 0 aliphatic carbocycles. The van der Waals surface area contributed by atoms with Gasteiger partial charge in [-0.2, -0.15) is 5.26 Å². The van der Waals surface area contributed by atoms with Crippen LogP contribution in [-0.4, -0.2) is 8.47 Å². The minimum absolute atomic E-state index is 0.833. The van der Waals surface area contributed by atoms with Crippen LogP contribution >= 0.6 is 34.8 Å². The van der Waals surface area contributed by atoms with Crippen LogP contribution in [0, 0.1) is 11.3 Å². The molecule has 0 atom stereocenters. The van der Waals surface area contributed by atoms with E-state index in [-0.39, 0.29) is 0 Å². The summed E-state index contributed by atoms with van der Waals surface area (Å²) >= 11 is 15.7. The van der Waals surface area contributed by atoms with E-state index in [1.807, 2.05) is 0 Å². The Bertz CT molecular complexity index is 115. The third-order valence-corrected chi connectivity index (χ3v) is 0.380. The number of hydrogen-bond acceptors (Lipinski definition) is 2. The molecular weight excluding hydrogens is 356 g/mol. The first-order valence-corrected chi connectivity index (χ1v) is 4.34. The Kier molecular flexibility index (Phi) is 9.41. The van der Waals surface area contributed by atoms with E-state index in [1.165, 1.54) is 6.07 Å². The van der Waals surface area contributed by atoms with Crippen LogP contribution in [0.25, 0.3) is 0 Å². The summed E-state index contributed by atoms with van der Waals surface area (Å²) < 4.78 is -0.903. The van der Waals surface area contributed by atoms with Crippen molar-refractivity contribution in [3.8, 4) is 6.07 Å². The Hall–Kier alpha value is 0.718. The third-order valence-electron chi connectivity index (χ3n) is 0.127. The molecule has 0 bridgehead atoms. The zero-order valence-corrected chi connectivity index (χ0v) is 9.18. The van der Waals surface area contributed by atoms with Gasteiger partial charge in [0.25, 0.3) is 3.79 Å². The Morgan fingerprint density at radius 3 is 1.67 bits per heavy atom. The topological polar surface area (TPSA) is 40.9 Å². The van der Waals surface area contributed by atoms with E-state index in [2.05, 4.69) is 0 Å². The molecule has 0 saturated heterocycles. The standard InChI is InChI=1S/C2Cl3N.CHO.W/c3-2(4,5)1-6;1-2;/h;1H;. The third kappa shape index (κ3) is 28.5. The Morgan fingerprint density at radius 2 is 1.67 bits per heavy atom. The van der Waals surface area contributed by atoms with Gasteiger partial charge in [-0.05, 0) is 0 Å². The average Bonchev–Trinajstić information content (AvgIpc) is 1.67. The number of halogens is 3. The van der Waals surface area contributed by atoms with Crippen LogP contribution in [-0.2, 0) is 24.6 Å². The van der Waals surface area contributed by atoms with Crippen molar-refractivity contribution in [1.29, 1.82) is 5.26 Å². The number of nitriles is 1. The van der Waals surface area contributed by atoms with Crippen LogP contribution in [0.15, 0.2) is 0 Å². The molecule has 0 saturated carbocycles. The Morgan fingerprint density at radius 1 is 1.56 bits per heavy atom. The van der Waals surface area contributed by atoms with E-state index in [9.17, 15) is 0 Å². The van der Waals surface area contributed by atoms with Gasteiger partial charge in [-0.15, -0.1) is 0 Å². The molecule has 0 aromatic carbocycles. The number of rotatable bonds is 0. The second kappa shape index (κ2) is 6.83. The molecule has 0 unspecified atom stereocenters. The predicted octanol–water partition coefficient (Wildman–Crippen LogP) is 1.60. The van der Waals surface area contributed by atoms with Gasteiger partial charge in [0.15, 0.2) is 0 Å². The molecule has 0 radical (unpaired) electrons. The molecule has 0 aromatic heterocycles. The van der Waals surface area contributed by atoms with Crippen LogP contribution in [0.4, 0.5) is 0 Å². The van der Waals surface area contributed by atoms with Crippen molar-refractivity contribution in [3.05, 3.63) is 0 Å². The first-order valence-electron chi connectivity index (χ1n) is 1.51. The van der Waals surface area contributed by atoms with Gasteiger partial charge in [-0.3, -0.25) is 0 Å². The van der Waals surface area contributed by atoms with Crippen molar-refractivity contribution in [1.82, 2.24) is 0 Å². The molecule has 0 aliphatic rings. The summed E-state index contributed by atoms with van der Waals surface area (Å²) in [5, 5.41) is 7.76. The maximum absolute atomic E-state index is 8.84. The van der Waals surface area contributed by atoms with Crippen LogP contribution in [0.2, 0.25) is 0 Å². The molecule has 0 spiro atoms. The molecule has 9 heavy (non-hydrogen) atoms. The van der Waals surface area contributed by atoms with E-state index in [1.54, 1.807) is 0 Å². The maximum atomic E-state index is 8.84. The van der Waals surface area contributed by atoms with Crippen molar-refractivity contribution in [2.75, 3.05) is 0 Å². The second-order valence-electron chi connectivity index (χ2n) is 0.706. The van der Waals surface area contributed by atoms with Crippen molar-refractivity contribution in [2.24, 2.45) is 0 Å². The Balaban J connectivity index is 0. The van der Waals surface area contributed by atoms with Gasteiger partial charge in [0.05, 0.1) is 0 Å². The quantitative estimate of drug-likeness (QED) is 0.488. The first-order chi connectivity index (χ1) is 3.97. The summed E-state index contributed by atoms with van der Waals surface area (Å²) in [7, 11) is 0. The second-order valence-corrected chi connectivity index (χ2v) is 3.68. The number of alkyl halides is 3. The fraction of sp³-hybridized carbons (Fsp3) is 0.333. The molecule has 51 valence electrons. The van der Waals surface area contributed by atoms with Gasteiger partial charge in [0.2, 0.25) is 0 Å². The summed E-state index contributed by atoms with van der Waals surface area (Å²) in [6.07, 6.45) is 0. The van der Waals surface area contributed by atoms with E-state index in [0.29, 0.717) is 0 Å². The minimum atomic E-state index is -1.74. The Labute approximate surface area is 79.0 Å². The van der Waals surface area contributed by atoms with E-state index in [0.717, 1.165) is 24.5 Å². The summed E-state index contributed by atoms with van der Waals surface area (Å²) in [5.74, 6) is 0. The van der Waals surface area contributed by atoms with Crippen molar-refractivity contribution in [3.63, 3.8) is 0 Å². The van der Waals surface area contributed by atoms with E-state index in [4.69, 9.17) is 44.9 Å². The molecule has 0 rings (SSSR count). The molecular formula is C3HCl3NOW. The molecule has 0 heterocycles. The molecule has 0 aliphatic heterocycles. The van der Waals surface area contributed by atoms with Gasteiger partial charge >= 0.3 is 29.3 Å². The summed E-state index contributed by atoms with van der Waals surface area (Å²) in [6.45, 7) is 0. The van der Waals surface area contributed by atoms with Gasteiger partial charge < -0.3 is 0 Å². The van der Waals surface area contributed by atoms with Crippen molar-refractivity contribution < 1.29 is 24.6 Å². The van der Waals surface area contributed by atoms with Crippen LogP contribution < -0.4 is 0 Å². The summed E-state index contributed by atoms with van der Waals surface area (Å²) in [5.41, 5.74) is 0. The van der Waals surface area contributed by atoms with Crippen LogP contribution in [0.3, 0.4) is 0 Å². The fourth-order valence-electron chi connectivity index (χ4n) is 0. The van der Waals surface area contributed by atoms with Crippen molar-refractivity contribution in [2.45, 2.75) is 3.79 Å². The number of nitrogens with zero attached hydrogens (tertiary/aromatic N) is 1. The van der Waals surface area contributed by atoms with Crippen LogP contribution in [0.5, 0.6) is 0 Å². The molecule has 6 heteroatoms. The molecule has 0 amide bonds. The first kappa shape index (κ1) is 12.4. The zero-order valence-electron chi connectivity index (χ0n) is 3.97. The van der Waals surface area contributed by atoms with Gasteiger partial charge in [-0.1, -0.05) is 34.8 Å².